The van der Waals surface area contributed by atoms with Gasteiger partial charge in [-0.2, -0.15) is 0 Å². The van der Waals surface area contributed by atoms with Crippen LogP contribution in [0.3, 0.4) is 0 Å². The van der Waals surface area contributed by atoms with Crippen molar-refractivity contribution in [1.82, 2.24) is 9.88 Å². The first-order valence-electron chi connectivity index (χ1n) is 4.66. The van der Waals surface area contributed by atoms with Crippen LogP contribution in [0.1, 0.15) is 0 Å². The van der Waals surface area contributed by atoms with Crippen molar-refractivity contribution in [2.24, 2.45) is 5.92 Å². The topological polar surface area (TPSA) is 19.4 Å². The molecule has 5 heteroatoms. The molecule has 3 nitrogen and oxygen atoms in total. The average Bonchev–Trinajstić information content (AvgIpc) is 2.42. The molecule has 0 spiro atoms. The van der Waals surface area contributed by atoms with Gasteiger partial charge in [-0.1, -0.05) is 0 Å². The lowest BCUT2D eigenvalue weighted by molar-refractivity contribution is 0.283. The number of rotatable bonds is 3. The van der Waals surface area contributed by atoms with Crippen molar-refractivity contribution < 1.29 is 0 Å². The monoisotopic (exact) mass is 275 g/mol. The molecule has 1 saturated heterocycles. The molecule has 78 valence electrons. The Bertz CT molecular complexity index is 307. The molecule has 0 atom stereocenters. The first-order valence-corrected chi connectivity index (χ1v) is 6.33. The Kier molecular flexibility index (Phi) is 3.09. The minimum absolute atomic E-state index is 0.813. The highest BCUT2D eigenvalue weighted by atomic mass is 79.9. The summed E-state index contributed by atoms with van der Waals surface area (Å²) in [6.07, 6.45) is 0. The van der Waals surface area contributed by atoms with E-state index in [4.69, 9.17) is 0 Å². The first kappa shape index (κ1) is 10.4. The molecule has 2 rings (SSSR count). The van der Waals surface area contributed by atoms with E-state index in [1.165, 1.54) is 6.54 Å². The van der Waals surface area contributed by atoms with Crippen molar-refractivity contribution in [2.75, 3.05) is 38.6 Å². The van der Waals surface area contributed by atoms with E-state index in [9.17, 15) is 0 Å². The number of halogens is 1. The van der Waals surface area contributed by atoms with Gasteiger partial charge >= 0.3 is 0 Å². The second-order valence-electron chi connectivity index (χ2n) is 3.99. The number of thiazole rings is 1. The maximum atomic E-state index is 4.39. The van der Waals surface area contributed by atoms with Crippen molar-refractivity contribution in [1.29, 1.82) is 0 Å². The molecular formula is C9H14BrN3S. The van der Waals surface area contributed by atoms with Crippen molar-refractivity contribution in [3.05, 3.63) is 9.98 Å². The van der Waals surface area contributed by atoms with Crippen LogP contribution in [0.25, 0.3) is 0 Å². The molecule has 1 fully saturated rings. The van der Waals surface area contributed by atoms with Crippen LogP contribution in [0.15, 0.2) is 9.98 Å². The van der Waals surface area contributed by atoms with Gasteiger partial charge in [-0.05, 0) is 30.0 Å². The Morgan fingerprint density at radius 3 is 2.86 bits per heavy atom. The molecule has 1 aliphatic heterocycles. The maximum Gasteiger partial charge on any atom is 0.186 e. The van der Waals surface area contributed by atoms with E-state index in [0.29, 0.717) is 0 Å². The van der Waals surface area contributed by atoms with Crippen LogP contribution in [0, 0.1) is 5.92 Å². The third kappa shape index (κ3) is 2.27. The van der Waals surface area contributed by atoms with Crippen LogP contribution < -0.4 is 4.90 Å². The summed E-state index contributed by atoms with van der Waals surface area (Å²) in [5.74, 6) is 0.813. The summed E-state index contributed by atoms with van der Waals surface area (Å²) < 4.78 is 0.952. The molecule has 14 heavy (non-hydrogen) atoms. The molecule has 0 amide bonds. The van der Waals surface area contributed by atoms with Crippen molar-refractivity contribution >= 4 is 32.4 Å². The largest absolute Gasteiger partial charge is 0.347 e. The smallest absolute Gasteiger partial charge is 0.186 e. The fourth-order valence-electron chi connectivity index (χ4n) is 1.75. The molecule has 0 bridgehead atoms. The van der Waals surface area contributed by atoms with Gasteiger partial charge in [0.2, 0.25) is 0 Å². The zero-order valence-corrected chi connectivity index (χ0v) is 10.8. The van der Waals surface area contributed by atoms with Crippen molar-refractivity contribution in [2.45, 2.75) is 0 Å². The molecule has 2 heterocycles. The van der Waals surface area contributed by atoms with E-state index >= 15 is 0 Å². The lowest BCUT2D eigenvalue weighted by atomic mass is 10.0. The quantitative estimate of drug-likeness (QED) is 0.840. The van der Waals surface area contributed by atoms with Crippen LogP contribution in [0.4, 0.5) is 5.13 Å². The van der Waals surface area contributed by atoms with Gasteiger partial charge in [0.05, 0.1) is 0 Å². The van der Waals surface area contributed by atoms with Gasteiger partial charge in [0, 0.05) is 30.9 Å². The van der Waals surface area contributed by atoms with Gasteiger partial charge in [0.25, 0.3) is 0 Å². The second-order valence-corrected chi connectivity index (χ2v) is 5.64. The third-order valence-electron chi connectivity index (χ3n) is 2.32. The Labute approximate surface area is 96.9 Å². The predicted octanol–water partition coefficient (Wildman–Crippen LogP) is 1.90. The molecule has 0 N–H and O–H groups in total. The predicted molar refractivity (Wildman–Crippen MR) is 64.1 cm³/mol. The second kappa shape index (κ2) is 4.16. The maximum absolute atomic E-state index is 4.39. The van der Waals surface area contributed by atoms with Crippen LogP contribution >= 0.6 is 27.3 Å². The number of aromatic nitrogens is 1. The summed E-state index contributed by atoms with van der Waals surface area (Å²) in [5, 5.41) is 3.18. The number of nitrogens with zero attached hydrogens (tertiary/aromatic N) is 3. The van der Waals surface area contributed by atoms with Crippen LogP contribution in [0.5, 0.6) is 0 Å². The Hall–Kier alpha value is -0.130. The third-order valence-corrected chi connectivity index (χ3v) is 3.93. The van der Waals surface area contributed by atoms with Crippen molar-refractivity contribution in [3.8, 4) is 0 Å². The SMILES string of the molecule is CN(C)CC1CN(c2nc(Br)cs2)C1. The summed E-state index contributed by atoms with van der Waals surface area (Å²) in [4.78, 5) is 8.98. The van der Waals surface area contributed by atoms with Crippen LogP contribution in [0.2, 0.25) is 0 Å². The van der Waals surface area contributed by atoms with Gasteiger partial charge < -0.3 is 9.80 Å². The molecule has 0 unspecified atom stereocenters. The van der Waals surface area contributed by atoms with E-state index in [1.807, 2.05) is 5.38 Å². The molecule has 0 radical (unpaired) electrons. The Morgan fingerprint density at radius 1 is 1.64 bits per heavy atom. The van der Waals surface area contributed by atoms with Crippen LogP contribution in [-0.4, -0.2) is 43.6 Å². The number of hydrogen-bond donors (Lipinski definition) is 0. The summed E-state index contributed by atoms with van der Waals surface area (Å²) in [5.41, 5.74) is 0. The van der Waals surface area contributed by atoms with Crippen LogP contribution in [-0.2, 0) is 0 Å². The van der Waals surface area contributed by atoms with Gasteiger partial charge in [-0.25, -0.2) is 4.98 Å². The minimum Gasteiger partial charge on any atom is -0.347 e. The van der Waals surface area contributed by atoms with Crippen molar-refractivity contribution in [3.63, 3.8) is 0 Å². The molecular weight excluding hydrogens is 262 g/mol. The van der Waals surface area contributed by atoms with E-state index in [-0.39, 0.29) is 0 Å². The molecule has 0 aliphatic carbocycles. The fraction of sp³-hybridized carbons (Fsp3) is 0.667. The number of hydrogen-bond acceptors (Lipinski definition) is 4. The molecule has 1 aromatic heterocycles. The van der Waals surface area contributed by atoms with Gasteiger partial charge in [-0.3, -0.25) is 0 Å². The zero-order chi connectivity index (χ0) is 10.1. The first-order chi connectivity index (χ1) is 6.65. The minimum atomic E-state index is 0.813. The number of anilines is 1. The van der Waals surface area contributed by atoms with Gasteiger partial charge in [0.15, 0.2) is 5.13 Å². The molecule has 1 aliphatic rings. The van der Waals surface area contributed by atoms with E-state index in [1.54, 1.807) is 11.3 Å². The molecule has 1 aromatic rings. The highest BCUT2D eigenvalue weighted by molar-refractivity contribution is 9.10. The lowest BCUT2D eigenvalue weighted by Crippen LogP contribution is -2.50. The zero-order valence-electron chi connectivity index (χ0n) is 8.40. The van der Waals surface area contributed by atoms with Gasteiger partial charge in [-0.15, -0.1) is 11.3 Å². The summed E-state index contributed by atoms with van der Waals surface area (Å²) in [6.45, 7) is 3.49. The normalized spacial score (nSPS) is 17.6. The summed E-state index contributed by atoms with van der Waals surface area (Å²) >= 11 is 5.08. The average molecular weight is 276 g/mol. The standard InChI is InChI=1S/C9H14BrN3S/c1-12(2)3-7-4-13(5-7)9-11-8(10)6-14-9/h6-7H,3-5H2,1-2H3. The highest BCUT2D eigenvalue weighted by Crippen LogP contribution is 2.29. The van der Waals surface area contributed by atoms with E-state index < -0.39 is 0 Å². The van der Waals surface area contributed by atoms with E-state index in [0.717, 1.165) is 28.7 Å². The van der Waals surface area contributed by atoms with E-state index in [2.05, 4.69) is 44.8 Å². The summed E-state index contributed by atoms with van der Waals surface area (Å²) in [7, 11) is 4.26. The summed E-state index contributed by atoms with van der Waals surface area (Å²) in [6, 6.07) is 0. The molecule has 0 saturated carbocycles. The molecule has 0 aromatic carbocycles. The Morgan fingerprint density at radius 2 is 2.36 bits per heavy atom. The Balaban J connectivity index is 1.83. The lowest BCUT2D eigenvalue weighted by Gasteiger charge is -2.40. The highest BCUT2D eigenvalue weighted by Gasteiger charge is 2.28. The fourth-order valence-corrected chi connectivity index (χ4v) is 3.02. The van der Waals surface area contributed by atoms with Gasteiger partial charge in [0.1, 0.15) is 4.60 Å².